The molecule has 0 aromatic heterocycles. The van der Waals surface area contributed by atoms with Crippen LogP contribution in [-0.2, 0) is 4.79 Å². The van der Waals surface area contributed by atoms with Gasteiger partial charge in [0.05, 0.1) is 20.1 Å². The highest BCUT2D eigenvalue weighted by atomic mass is 16.1. The highest BCUT2D eigenvalue weighted by Crippen LogP contribution is 2.07. The predicted octanol–water partition coefficient (Wildman–Crippen LogP) is 0.261. The van der Waals surface area contributed by atoms with E-state index >= 15 is 0 Å². The molecule has 0 unspecified atom stereocenters. The molecule has 0 aromatic carbocycles. The SMILES string of the molecule is CC(C)C(=O)C[N+]1(C)CCNCC1. The van der Waals surface area contributed by atoms with Gasteiger partial charge in [-0.05, 0) is 0 Å². The summed E-state index contributed by atoms with van der Waals surface area (Å²) in [6.45, 7) is 8.92. The summed E-state index contributed by atoms with van der Waals surface area (Å²) in [5, 5.41) is 3.32. The molecule has 1 aliphatic heterocycles. The standard InChI is InChI=1S/C10H21N2O/c1-9(2)10(13)8-12(3)6-4-11-5-7-12/h9,11H,4-8H2,1-3H3/q+1. The van der Waals surface area contributed by atoms with Crippen LogP contribution in [0.5, 0.6) is 0 Å². The van der Waals surface area contributed by atoms with Crippen LogP contribution in [0.25, 0.3) is 0 Å². The zero-order valence-corrected chi connectivity index (χ0v) is 8.97. The molecule has 0 radical (unpaired) electrons. The third-order valence-corrected chi connectivity index (χ3v) is 2.84. The maximum absolute atomic E-state index is 11.6. The van der Waals surface area contributed by atoms with Crippen molar-refractivity contribution in [3.8, 4) is 0 Å². The second-order valence-electron chi connectivity index (χ2n) is 4.60. The van der Waals surface area contributed by atoms with Gasteiger partial charge in [-0.2, -0.15) is 0 Å². The van der Waals surface area contributed by atoms with Crippen LogP contribution in [-0.4, -0.2) is 50.0 Å². The first kappa shape index (κ1) is 10.7. The summed E-state index contributed by atoms with van der Waals surface area (Å²) in [7, 11) is 2.18. The van der Waals surface area contributed by atoms with Gasteiger partial charge in [-0.1, -0.05) is 13.8 Å². The third kappa shape index (κ3) is 3.08. The molecule has 3 heteroatoms. The van der Waals surface area contributed by atoms with E-state index in [2.05, 4.69) is 12.4 Å². The first-order valence-electron chi connectivity index (χ1n) is 5.10. The van der Waals surface area contributed by atoms with Gasteiger partial charge in [-0.25, -0.2) is 0 Å². The van der Waals surface area contributed by atoms with Crippen molar-refractivity contribution in [1.82, 2.24) is 5.32 Å². The molecule has 1 saturated heterocycles. The highest BCUT2D eigenvalue weighted by Gasteiger charge is 2.28. The van der Waals surface area contributed by atoms with Gasteiger partial charge in [0.1, 0.15) is 6.54 Å². The molecule has 1 rings (SSSR count). The number of ketones is 1. The zero-order chi connectivity index (χ0) is 9.90. The van der Waals surface area contributed by atoms with Crippen LogP contribution in [0, 0.1) is 5.92 Å². The van der Waals surface area contributed by atoms with Crippen molar-refractivity contribution in [2.24, 2.45) is 5.92 Å². The maximum atomic E-state index is 11.6. The molecule has 1 fully saturated rings. The van der Waals surface area contributed by atoms with E-state index in [0.29, 0.717) is 12.3 Å². The van der Waals surface area contributed by atoms with Gasteiger partial charge in [-0.15, -0.1) is 0 Å². The van der Waals surface area contributed by atoms with Crippen LogP contribution in [0.4, 0.5) is 0 Å². The fourth-order valence-electron chi connectivity index (χ4n) is 1.65. The van der Waals surface area contributed by atoms with Crippen molar-refractivity contribution in [2.45, 2.75) is 13.8 Å². The summed E-state index contributed by atoms with van der Waals surface area (Å²) in [6.07, 6.45) is 0. The van der Waals surface area contributed by atoms with E-state index < -0.39 is 0 Å². The van der Waals surface area contributed by atoms with Gasteiger partial charge >= 0.3 is 0 Å². The number of quaternary nitrogens is 1. The number of rotatable bonds is 3. The molecular formula is C10H21N2O+. The smallest absolute Gasteiger partial charge is 0.189 e. The number of nitrogens with one attached hydrogen (secondary N) is 1. The highest BCUT2D eigenvalue weighted by molar-refractivity contribution is 5.81. The molecule has 0 aliphatic carbocycles. The Balaban J connectivity index is 2.45. The van der Waals surface area contributed by atoms with Crippen molar-refractivity contribution in [2.75, 3.05) is 39.8 Å². The fraction of sp³-hybridized carbons (Fsp3) is 0.900. The molecular weight excluding hydrogens is 164 g/mol. The quantitative estimate of drug-likeness (QED) is 0.639. The van der Waals surface area contributed by atoms with E-state index in [1.54, 1.807) is 0 Å². The molecule has 0 saturated carbocycles. The van der Waals surface area contributed by atoms with E-state index in [1.807, 2.05) is 13.8 Å². The lowest BCUT2D eigenvalue weighted by atomic mass is 10.1. The van der Waals surface area contributed by atoms with E-state index in [4.69, 9.17) is 0 Å². The first-order chi connectivity index (χ1) is 6.03. The van der Waals surface area contributed by atoms with E-state index in [1.165, 1.54) is 0 Å². The Kier molecular flexibility index (Phi) is 3.45. The number of Topliss-reactive ketones (excluding diaryl/α,β-unsaturated/α-hetero) is 1. The lowest BCUT2D eigenvalue weighted by Gasteiger charge is -2.37. The molecule has 3 nitrogen and oxygen atoms in total. The van der Waals surface area contributed by atoms with Gasteiger partial charge in [0.25, 0.3) is 0 Å². The van der Waals surface area contributed by atoms with Gasteiger partial charge in [0.2, 0.25) is 0 Å². The molecule has 1 heterocycles. The number of carbonyl (C=O) groups is 1. The average molecular weight is 185 g/mol. The molecule has 1 N–H and O–H groups in total. The Labute approximate surface area is 80.7 Å². The Morgan fingerprint density at radius 1 is 1.38 bits per heavy atom. The van der Waals surface area contributed by atoms with Crippen LogP contribution in [0.1, 0.15) is 13.8 Å². The number of nitrogens with zero attached hydrogens (tertiary/aromatic N) is 1. The molecule has 0 spiro atoms. The van der Waals surface area contributed by atoms with E-state index in [9.17, 15) is 4.79 Å². The summed E-state index contributed by atoms with van der Waals surface area (Å²) in [5.41, 5.74) is 0. The molecule has 0 amide bonds. The number of hydrogen-bond donors (Lipinski definition) is 1. The van der Waals surface area contributed by atoms with Crippen LogP contribution >= 0.6 is 0 Å². The monoisotopic (exact) mass is 185 g/mol. The molecule has 0 bridgehead atoms. The van der Waals surface area contributed by atoms with Gasteiger partial charge < -0.3 is 9.80 Å². The maximum Gasteiger partial charge on any atom is 0.189 e. The predicted molar refractivity (Wildman–Crippen MR) is 53.5 cm³/mol. The van der Waals surface area contributed by atoms with E-state index in [-0.39, 0.29) is 5.92 Å². The third-order valence-electron chi connectivity index (χ3n) is 2.84. The van der Waals surface area contributed by atoms with Crippen molar-refractivity contribution in [3.05, 3.63) is 0 Å². The summed E-state index contributed by atoms with van der Waals surface area (Å²) in [5.74, 6) is 0.578. The Hall–Kier alpha value is -0.410. The summed E-state index contributed by atoms with van der Waals surface area (Å²) in [4.78, 5) is 11.6. The largest absolute Gasteiger partial charge is 0.318 e. The fourth-order valence-corrected chi connectivity index (χ4v) is 1.65. The zero-order valence-electron chi connectivity index (χ0n) is 8.97. The molecule has 13 heavy (non-hydrogen) atoms. The summed E-state index contributed by atoms with van der Waals surface area (Å²) in [6, 6.07) is 0. The summed E-state index contributed by atoms with van der Waals surface area (Å²) >= 11 is 0. The number of carbonyl (C=O) groups excluding carboxylic acids is 1. The normalized spacial score (nSPS) is 21.8. The first-order valence-corrected chi connectivity index (χ1v) is 5.10. The van der Waals surface area contributed by atoms with Crippen LogP contribution in [0.2, 0.25) is 0 Å². The number of likely N-dealkylation sites (N-methyl/N-ethyl adjacent to an activating group) is 1. The minimum atomic E-state index is 0.185. The Morgan fingerprint density at radius 3 is 2.38 bits per heavy atom. The number of piperazine rings is 1. The Bertz CT molecular complexity index is 183. The molecule has 1 aliphatic rings. The van der Waals surface area contributed by atoms with Crippen LogP contribution in [0.3, 0.4) is 0 Å². The minimum absolute atomic E-state index is 0.185. The van der Waals surface area contributed by atoms with Crippen molar-refractivity contribution < 1.29 is 9.28 Å². The number of hydrogen-bond acceptors (Lipinski definition) is 2. The van der Waals surface area contributed by atoms with Crippen molar-refractivity contribution in [3.63, 3.8) is 0 Å². The van der Waals surface area contributed by atoms with Gasteiger partial charge in [0, 0.05) is 19.0 Å². The van der Waals surface area contributed by atoms with Crippen molar-refractivity contribution >= 4 is 5.78 Å². The lowest BCUT2D eigenvalue weighted by molar-refractivity contribution is -0.903. The van der Waals surface area contributed by atoms with Crippen LogP contribution < -0.4 is 5.32 Å². The second kappa shape index (κ2) is 4.20. The van der Waals surface area contributed by atoms with Crippen LogP contribution in [0.15, 0.2) is 0 Å². The molecule has 76 valence electrons. The lowest BCUT2D eigenvalue weighted by Crippen LogP contribution is -2.58. The second-order valence-corrected chi connectivity index (χ2v) is 4.60. The van der Waals surface area contributed by atoms with Crippen molar-refractivity contribution in [1.29, 1.82) is 0 Å². The van der Waals surface area contributed by atoms with Gasteiger partial charge in [0.15, 0.2) is 5.78 Å². The van der Waals surface area contributed by atoms with Gasteiger partial charge in [-0.3, -0.25) is 4.79 Å². The summed E-state index contributed by atoms with van der Waals surface area (Å²) < 4.78 is 0.921. The Morgan fingerprint density at radius 2 is 1.92 bits per heavy atom. The minimum Gasteiger partial charge on any atom is -0.318 e. The van der Waals surface area contributed by atoms with E-state index in [0.717, 1.165) is 30.7 Å². The topological polar surface area (TPSA) is 29.1 Å². The molecule has 0 atom stereocenters. The molecule has 0 aromatic rings. The average Bonchev–Trinajstić information content (AvgIpc) is 2.04.